The quantitative estimate of drug-likeness (QED) is 0.270. The molecular formula is C34H25BrN2O4. The molecule has 1 saturated heterocycles. The number of hydrogen-bond acceptors (Lipinski definition) is 5. The van der Waals surface area contributed by atoms with Crippen LogP contribution >= 0.6 is 15.9 Å². The summed E-state index contributed by atoms with van der Waals surface area (Å²) in [5.41, 5.74) is 2.62. The molecule has 202 valence electrons. The van der Waals surface area contributed by atoms with Gasteiger partial charge in [-0.15, -0.1) is 0 Å². The number of benzene rings is 4. The third kappa shape index (κ3) is 3.65. The summed E-state index contributed by atoms with van der Waals surface area (Å²) in [6.07, 6.45) is 3.97. The average molecular weight is 605 g/mol. The summed E-state index contributed by atoms with van der Waals surface area (Å²) < 4.78 is 6.28. The van der Waals surface area contributed by atoms with Gasteiger partial charge < -0.3 is 15.0 Å². The molecule has 4 atom stereocenters. The number of carbonyl (C=O) groups excluding carboxylic acids is 3. The Labute approximate surface area is 245 Å². The lowest BCUT2D eigenvalue weighted by Crippen LogP contribution is -2.51. The number of carbonyl (C=O) groups is 3. The lowest BCUT2D eigenvalue weighted by atomic mass is 9.64. The van der Waals surface area contributed by atoms with E-state index in [0.29, 0.717) is 22.6 Å². The molecule has 3 aliphatic rings. The molecule has 3 heterocycles. The number of para-hydroxylation sites is 2. The van der Waals surface area contributed by atoms with E-state index in [1.54, 1.807) is 43.5 Å². The van der Waals surface area contributed by atoms with Crippen molar-refractivity contribution in [2.75, 3.05) is 17.3 Å². The molecule has 4 aromatic carbocycles. The van der Waals surface area contributed by atoms with Crippen molar-refractivity contribution >= 4 is 50.9 Å². The molecule has 1 spiro atoms. The minimum atomic E-state index is -1.35. The van der Waals surface area contributed by atoms with Gasteiger partial charge in [-0.05, 0) is 47.5 Å². The predicted molar refractivity (Wildman–Crippen MR) is 162 cm³/mol. The highest BCUT2D eigenvalue weighted by atomic mass is 79.9. The highest BCUT2D eigenvalue weighted by Gasteiger charge is 2.70. The summed E-state index contributed by atoms with van der Waals surface area (Å²) in [4.78, 5) is 45.9. The number of hydrogen-bond donors (Lipinski definition) is 1. The van der Waals surface area contributed by atoms with Crippen LogP contribution in [0.3, 0.4) is 0 Å². The van der Waals surface area contributed by atoms with Crippen LogP contribution in [0.1, 0.15) is 31.8 Å². The van der Waals surface area contributed by atoms with E-state index in [-0.39, 0.29) is 17.5 Å². The van der Waals surface area contributed by atoms with Gasteiger partial charge in [0.2, 0.25) is 5.91 Å². The first-order valence-electron chi connectivity index (χ1n) is 13.4. The highest BCUT2D eigenvalue weighted by Crippen LogP contribution is 2.58. The Balaban J connectivity index is 1.53. The fourth-order valence-electron chi connectivity index (χ4n) is 6.86. The van der Waals surface area contributed by atoms with Crippen LogP contribution in [0.5, 0.6) is 5.75 Å². The van der Waals surface area contributed by atoms with Crippen molar-refractivity contribution in [1.29, 1.82) is 0 Å². The van der Waals surface area contributed by atoms with Crippen molar-refractivity contribution in [3.63, 3.8) is 0 Å². The fraction of sp³-hybridized carbons (Fsp3) is 0.147. The maximum atomic E-state index is 14.8. The summed E-state index contributed by atoms with van der Waals surface area (Å²) in [5.74, 6) is -1.30. The molecule has 3 aliphatic heterocycles. The number of rotatable bonds is 5. The monoisotopic (exact) mass is 604 g/mol. The van der Waals surface area contributed by atoms with Gasteiger partial charge in [0.25, 0.3) is 0 Å². The normalized spacial score (nSPS) is 23.5. The lowest BCUT2D eigenvalue weighted by Gasteiger charge is -2.37. The Morgan fingerprint density at radius 1 is 0.878 bits per heavy atom. The van der Waals surface area contributed by atoms with Crippen molar-refractivity contribution in [3.05, 3.63) is 130 Å². The molecule has 0 unspecified atom stereocenters. The van der Waals surface area contributed by atoms with Crippen LogP contribution in [0.4, 0.5) is 11.4 Å². The number of methoxy groups -OCH3 is 1. The van der Waals surface area contributed by atoms with Crippen LogP contribution < -0.4 is 15.0 Å². The number of ketones is 2. The first-order chi connectivity index (χ1) is 19.9. The predicted octanol–water partition coefficient (Wildman–Crippen LogP) is 6.31. The maximum absolute atomic E-state index is 14.8. The van der Waals surface area contributed by atoms with E-state index in [9.17, 15) is 14.4 Å². The van der Waals surface area contributed by atoms with Gasteiger partial charge in [-0.3, -0.25) is 14.4 Å². The molecule has 7 rings (SSSR count). The number of nitrogens with zero attached hydrogens (tertiary/aromatic N) is 1. The second kappa shape index (κ2) is 9.56. The van der Waals surface area contributed by atoms with Crippen molar-refractivity contribution < 1.29 is 19.1 Å². The van der Waals surface area contributed by atoms with Crippen LogP contribution in [0, 0.1) is 5.92 Å². The summed E-state index contributed by atoms with van der Waals surface area (Å²) in [6, 6.07) is 27.8. The Bertz CT molecular complexity index is 1760. The molecule has 7 heteroatoms. The summed E-state index contributed by atoms with van der Waals surface area (Å²) in [5, 5.41) is 3.06. The van der Waals surface area contributed by atoms with Crippen molar-refractivity contribution in [3.8, 4) is 5.75 Å². The van der Waals surface area contributed by atoms with Gasteiger partial charge in [-0.1, -0.05) is 88.7 Å². The van der Waals surface area contributed by atoms with E-state index in [1.165, 1.54) is 0 Å². The second-order valence-electron chi connectivity index (χ2n) is 10.5. The first kappa shape index (κ1) is 25.5. The van der Waals surface area contributed by atoms with E-state index in [4.69, 9.17) is 4.74 Å². The number of Topliss-reactive ketones (excluding diaryl/α,β-unsaturated/α-hetero) is 2. The second-order valence-corrected chi connectivity index (χ2v) is 11.4. The van der Waals surface area contributed by atoms with E-state index in [0.717, 1.165) is 21.3 Å². The van der Waals surface area contributed by atoms with Crippen LogP contribution in [-0.4, -0.2) is 36.7 Å². The van der Waals surface area contributed by atoms with E-state index in [2.05, 4.69) is 21.2 Å². The van der Waals surface area contributed by atoms with E-state index < -0.39 is 23.4 Å². The highest BCUT2D eigenvalue weighted by molar-refractivity contribution is 9.10. The zero-order valence-corrected chi connectivity index (χ0v) is 23.7. The molecule has 1 amide bonds. The van der Waals surface area contributed by atoms with Gasteiger partial charge in [-0.2, -0.15) is 0 Å². The fourth-order valence-corrected chi connectivity index (χ4v) is 7.12. The van der Waals surface area contributed by atoms with Gasteiger partial charge in [0.05, 0.1) is 19.1 Å². The molecule has 0 bridgehead atoms. The van der Waals surface area contributed by atoms with Crippen molar-refractivity contribution in [2.45, 2.75) is 17.5 Å². The third-order valence-corrected chi connectivity index (χ3v) is 9.10. The third-order valence-electron chi connectivity index (χ3n) is 8.58. The van der Waals surface area contributed by atoms with Crippen LogP contribution in [0.25, 0.3) is 6.08 Å². The van der Waals surface area contributed by atoms with Gasteiger partial charge >= 0.3 is 0 Å². The van der Waals surface area contributed by atoms with Crippen LogP contribution in [0.2, 0.25) is 0 Å². The Morgan fingerprint density at radius 3 is 2.44 bits per heavy atom. The zero-order chi connectivity index (χ0) is 28.3. The average Bonchev–Trinajstić information content (AvgIpc) is 3.49. The topological polar surface area (TPSA) is 75.7 Å². The first-order valence-corrected chi connectivity index (χ1v) is 14.2. The molecular weight excluding hydrogens is 580 g/mol. The molecule has 1 fully saturated rings. The summed E-state index contributed by atoms with van der Waals surface area (Å²) in [7, 11) is 1.54. The Kier molecular flexibility index (Phi) is 5.94. The molecule has 1 N–H and O–H groups in total. The molecule has 0 radical (unpaired) electrons. The summed E-state index contributed by atoms with van der Waals surface area (Å²) in [6.45, 7) is 0. The van der Waals surface area contributed by atoms with E-state index >= 15 is 0 Å². The minimum absolute atomic E-state index is 0.220. The number of ether oxygens (including phenoxy) is 1. The SMILES string of the molecule is COc1cccc(C(=O)[C@H]2[C@H](C(=O)c3ccc(Br)cc3)N3c4ccccc4C=C[C@@H]3[C@]23C(=O)Nc2ccccc23)c1. The van der Waals surface area contributed by atoms with Gasteiger partial charge in [0, 0.05) is 27.0 Å². The smallest absolute Gasteiger partial charge is 0.238 e. The van der Waals surface area contributed by atoms with Crippen LogP contribution in [0.15, 0.2) is 108 Å². The van der Waals surface area contributed by atoms with Crippen LogP contribution in [-0.2, 0) is 10.2 Å². The number of halogens is 1. The molecule has 0 saturated carbocycles. The Hall–Kier alpha value is -4.49. The molecule has 0 aromatic heterocycles. The maximum Gasteiger partial charge on any atom is 0.238 e. The number of fused-ring (bicyclic) bond motifs is 6. The van der Waals surface area contributed by atoms with Gasteiger partial charge in [0.15, 0.2) is 11.6 Å². The minimum Gasteiger partial charge on any atom is -0.497 e. The standard InChI is InChI=1S/C34H25BrN2O4/c1-41-24-9-6-8-22(19-24)31(38)29-30(32(39)21-13-16-23(35)17-14-21)37-27-12-5-2-7-20(27)15-18-28(37)34(29)25-10-3-4-11-26(25)36-33(34)40/h2-19,28-30H,1H3,(H,36,40)/t28-,29-,30-,34+/m1/s1. The molecule has 41 heavy (non-hydrogen) atoms. The summed E-state index contributed by atoms with van der Waals surface area (Å²) >= 11 is 3.46. The van der Waals surface area contributed by atoms with Gasteiger partial charge in [-0.25, -0.2) is 0 Å². The molecule has 0 aliphatic carbocycles. The van der Waals surface area contributed by atoms with E-state index in [1.807, 2.05) is 77.7 Å². The Morgan fingerprint density at radius 2 is 1.63 bits per heavy atom. The molecule has 6 nitrogen and oxygen atoms in total. The largest absolute Gasteiger partial charge is 0.497 e. The van der Waals surface area contributed by atoms with Crippen molar-refractivity contribution in [1.82, 2.24) is 0 Å². The number of anilines is 2. The van der Waals surface area contributed by atoms with Gasteiger partial charge in [0.1, 0.15) is 17.2 Å². The lowest BCUT2D eigenvalue weighted by molar-refractivity contribution is -0.121. The molecule has 4 aromatic rings. The number of nitrogens with one attached hydrogen (secondary N) is 1. The van der Waals surface area contributed by atoms with Crippen molar-refractivity contribution in [2.24, 2.45) is 5.92 Å². The number of amides is 1. The zero-order valence-electron chi connectivity index (χ0n) is 22.1.